The van der Waals surface area contributed by atoms with Gasteiger partial charge in [-0.15, -0.1) is 0 Å². The van der Waals surface area contributed by atoms with Gasteiger partial charge in [-0.05, 0) is 38.9 Å². The van der Waals surface area contributed by atoms with E-state index in [1.807, 2.05) is 4.90 Å². The van der Waals surface area contributed by atoms with Gasteiger partial charge >= 0.3 is 12.1 Å². The van der Waals surface area contributed by atoms with Crippen LogP contribution in [-0.2, 0) is 22.3 Å². The Morgan fingerprint density at radius 3 is 2.61 bits per heavy atom. The van der Waals surface area contributed by atoms with Gasteiger partial charge < -0.3 is 4.74 Å². The Balaban J connectivity index is 1.93. The minimum atomic E-state index is -4.45. The quantitative estimate of drug-likeness (QED) is 0.779. The number of nitrogens with zero attached hydrogens (tertiary/aromatic N) is 2. The fourth-order valence-corrected chi connectivity index (χ4v) is 2.76. The third-order valence-electron chi connectivity index (χ3n) is 3.83. The monoisotopic (exact) mass is 350 g/mol. The number of esters is 1. The summed E-state index contributed by atoms with van der Waals surface area (Å²) in [5.41, 5.74) is -0.443. The molecule has 1 fully saturated rings. The Hall–Kier alpha value is -1.34. The van der Waals surface area contributed by atoms with Gasteiger partial charge in [-0.1, -0.05) is 11.6 Å². The van der Waals surface area contributed by atoms with Crippen molar-refractivity contribution in [3.8, 4) is 0 Å². The molecule has 128 valence electrons. The van der Waals surface area contributed by atoms with Crippen molar-refractivity contribution < 1.29 is 22.7 Å². The van der Waals surface area contributed by atoms with Gasteiger partial charge in [0.2, 0.25) is 0 Å². The van der Waals surface area contributed by atoms with Crippen molar-refractivity contribution in [3.05, 3.63) is 28.5 Å². The molecule has 0 saturated carbocycles. The lowest BCUT2D eigenvalue weighted by atomic mass is 9.97. The summed E-state index contributed by atoms with van der Waals surface area (Å²) < 4.78 is 42.8. The number of piperidine rings is 1. The van der Waals surface area contributed by atoms with Crippen molar-refractivity contribution in [1.82, 2.24) is 9.88 Å². The number of halogens is 4. The Labute approximate surface area is 137 Å². The highest BCUT2D eigenvalue weighted by atomic mass is 35.5. The van der Waals surface area contributed by atoms with E-state index in [1.165, 1.54) is 0 Å². The van der Waals surface area contributed by atoms with Crippen LogP contribution in [0, 0.1) is 5.92 Å². The molecule has 1 aromatic rings. The van der Waals surface area contributed by atoms with Crippen molar-refractivity contribution in [3.63, 3.8) is 0 Å². The van der Waals surface area contributed by atoms with Gasteiger partial charge in [0, 0.05) is 12.7 Å². The van der Waals surface area contributed by atoms with E-state index in [0.717, 1.165) is 12.3 Å². The van der Waals surface area contributed by atoms with E-state index < -0.39 is 11.7 Å². The first-order valence-corrected chi connectivity index (χ1v) is 7.79. The molecule has 0 aliphatic carbocycles. The molecule has 2 heterocycles. The normalized spacial score (nSPS) is 17.3. The van der Waals surface area contributed by atoms with E-state index in [-0.39, 0.29) is 16.9 Å². The van der Waals surface area contributed by atoms with E-state index in [4.69, 9.17) is 16.3 Å². The Morgan fingerprint density at radius 1 is 1.43 bits per heavy atom. The number of rotatable bonds is 4. The van der Waals surface area contributed by atoms with Crippen molar-refractivity contribution in [2.45, 2.75) is 32.5 Å². The standard InChI is InChI=1S/C15H18ClF3N2O2/c1-2-23-14(22)10-3-5-21(6-4-10)9-13-12(16)7-11(8-20-13)15(17,18)19/h7-8,10H,2-6,9H2,1H3. The maximum atomic E-state index is 12.6. The second kappa shape index (κ2) is 7.49. The van der Waals surface area contributed by atoms with Crippen LogP contribution in [0.15, 0.2) is 12.3 Å². The summed E-state index contributed by atoms with van der Waals surface area (Å²) in [6.45, 7) is 3.81. The molecule has 23 heavy (non-hydrogen) atoms. The van der Waals surface area contributed by atoms with Crippen molar-refractivity contribution in [1.29, 1.82) is 0 Å². The predicted molar refractivity (Wildman–Crippen MR) is 78.9 cm³/mol. The van der Waals surface area contributed by atoms with E-state index in [0.29, 0.717) is 44.8 Å². The Morgan fingerprint density at radius 2 is 2.09 bits per heavy atom. The molecule has 1 aliphatic heterocycles. The van der Waals surface area contributed by atoms with Crippen molar-refractivity contribution >= 4 is 17.6 Å². The first-order chi connectivity index (χ1) is 10.8. The lowest BCUT2D eigenvalue weighted by Gasteiger charge is -2.30. The predicted octanol–water partition coefficient (Wildman–Crippen LogP) is 3.53. The smallest absolute Gasteiger partial charge is 0.417 e. The van der Waals surface area contributed by atoms with Crippen LogP contribution in [0.25, 0.3) is 0 Å². The molecule has 2 rings (SSSR count). The zero-order valence-corrected chi connectivity index (χ0v) is 13.5. The van der Waals surface area contributed by atoms with E-state index in [9.17, 15) is 18.0 Å². The summed E-state index contributed by atoms with van der Waals surface area (Å²) in [5.74, 6) is -0.292. The molecule has 0 N–H and O–H groups in total. The Bertz CT molecular complexity index is 558. The molecule has 0 unspecified atom stereocenters. The molecular weight excluding hydrogens is 333 g/mol. The maximum Gasteiger partial charge on any atom is 0.417 e. The highest BCUT2D eigenvalue weighted by Gasteiger charge is 2.32. The lowest BCUT2D eigenvalue weighted by Crippen LogP contribution is -2.36. The van der Waals surface area contributed by atoms with Crippen LogP contribution >= 0.6 is 11.6 Å². The summed E-state index contributed by atoms with van der Waals surface area (Å²) in [7, 11) is 0. The fraction of sp³-hybridized carbons (Fsp3) is 0.600. The first kappa shape index (κ1) is 18.0. The van der Waals surface area contributed by atoms with Gasteiger partial charge in [-0.3, -0.25) is 14.7 Å². The summed E-state index contributed by atoms with van der Waals surface area (Å²) in [4.78, 5) is 17.5. The summed E-state index contributed by atoms with van der Waals surface area (Å²) in [6.07, 6.45) is -2.33. The maximum absolute atomic E-state index is 12.6. The van der Waals surface area contributed by atoms with Gasteiger partial charge in [-0.25, -0.2) is 0 Å². The summed E-state index contributed by atoms with van der Waals surface area (Å²) in [5, 5.41) is 0.00680. The molecular formula is C15H18ClF3N2O2. The van der Waals surface area contributed by atoms with Gasteiger partial charge in [-0.2, -0.15) is 13.2 Å². The number of alkyl halides is 3. The molecule has 1 aromatic heterocycles. The number of likely N-dealkylation sites (tertiary alicyclic amines) is 1. The van der Waals surface area contributed by atoms with Gasteiger partial charge in [0.1, 0.15) is 0 Å². The highest BCUT2D eigenvalue weighted by Crippen LogP contribution is 2.31. The molecule has 0 atom stereocenters. The van der Waals surface area contributed by atoms with Crippen LogP contribution in [0.4, 0.5) is 13.2 Å². The Kier molecular flexibility index (Phi) is 5.86. The van der Waals surface area contributed by atoms with Gasteiger partial charge in [0.15, 0.2) is 0 Å². The molecule has 0 aromatic carbocycles. The number of hydrogen-bond donors (Lipinski definition) is 0. The second-order valence-corrected chi connectivity index (χ2v) is 5.86. The highest BCUT2D eigenvalue weighted by molar-refractivity contribution is 6.31. The molecule has 0 radical (unpaired) electrons. The largest absolute Gasteiger partial charge is 0.466 e. The van der Waals surface area contributed by atoms with Crippen LogP contribution in [0.3, 0.4) is 0 Å². The van der Waals surface area contributed by atoms with Crippen LogP contribution in [0.5, 0.6) is 0 Å². The molecule has 8 heteroatoms. The molecule has 4 nitrogen and oxygen atoms in total. The van der Waals surface area contributed by atoms with Crippen LogP contribution < -0.4 is 0 Å². The second-order valence-electron chi connectivity index (χ2n) is 5.45. The molecule has 1 saturated heterocycles. The number of ether oxygens (including phenoxy) is 1. The zero-order chi connectivity index (χ0) is 17.0. The molecule has 1 aliphatic rings. The number of hydrogen-bond acceptors (Lipinski definition) is 4. The number of aromatic nitrogens is 1. The average Bonchev–Trinajstić information content (AvgIpc) is 2.49. The SMILES string of the molecule is CCOC(=O)C1CCN(Cc2ncc(C(F)(F)F)cc2Cl)CC1. The lowest BCUT2D eigenvalue weighted by molar-refractivity contribution is -0.149. The van der Waals surface area contributed by atoms with Crippen LogP contribution in [0.1, 0.15) is 31.0 Å². The van der Waals surface area contributed by atoms with Gasteiger partial charge in [0.05, 0.1) is 28.8 Å². The molecule has 0 amide bonds. The van der Waals surface area contributed by atoms with Crippen molar-refractivity contribution in [2.24, 2.45) is 5.92 Å². The molecule has 0 spiro atoms. The number of pyridine rings is 1. The van der Waals surface area contributed by atoms with Crippen LogP contribution in [0.2, 0.25) is 5.02 Å². The number of carbonyl (C=O) groups is 1. The third-order valence-corrected chi connectivity index (χ3v) is 4.15. The van der Waals surface area contributed by atoms with E-state index >= 15 is 0 Å². The van der Waals surface area contributed by atoms with E-state index in [1.54, 1.807) is 6.92 Å². The minimum Gasteiger partial charge on any atom is -0.466 e. The van der Waals surface area contributed by atoms with E-state index in [2.05, 4.69) is 4.98 Å². The first-order valence-electron chi connectivity index (χ1n) is 7.42. The topological polar surface area (TPSA) is 42.4 Å². The third kappa shape index (κ3) is 4.81. The molecule has 0 bridgehead atoms. The van der Waals surface area contributed by atoms with Gasteiger partial charge in [0.25, 0.3) is 0 Å². The zero-order valence-electron chi connectivity index (χ0n) is 12.7. The summed E-state index contributed by atoms with van der Waals surface area (Å²) in [6, 6.07) is 0.898. The van der Waals surface area contributed by atoms with Crippen molar-refractivity contribution in [2.75, 3.05) is 19.7 Å². The fourth-order valence-electron chi connectivity index (χ4n) is 2.54. The van der Waals surface area contributed by atoms with Crippen LogP contribution in [-0.4, -0.2) is 35.5 Å². The summed E-state index contributed by atoms with van der Waals surface area (Å²) >= 11 is 5.91. The minimum absolute atomic E-state index is 0.00680. The average molecular weight is 351 g/mol. The number of carbonyl (C=O) groups excluding carboxylic acids is 1.